The summed E-state index contributed by atoms with van der Waals surface area (Å²) in [5.74, 6) is -5.32. The summed E-state index contributed by atoms with van der Waals surface area (Å²) >= 11 is 0. The molecule has 2 aromatic carbocycles. The summed E-state index contributed by atoms with van der Waals surface area (Å²) in [6, 6.07) is 13.5. The number of halogens is 2. The van der Waals surface area contributed by atoms with Crippen LogP contribution in [0.2, 0.25) is 0 Å². The van der Waals surface area contributed by atoms with Crippen LogP contribution in [0.4, 0.5) is 8.78 Å². The third-order valence-corrected chi connectivity index (χ3v) is 8.68. The van der Waals surface area contributed by atoms with Gasteiger partial charge in [-0.05, 0) is 24.5 Å². The lowest BCUT2D eigenvalue weighted by Crippen LogP contribution is -2.48. The van der Waals surface area contributed by atoms with Gasteiger partial charge in [0.15, 0.2) is 9.84 Å². The monoisotopic (exact) mass is 633 g/mol. The second kappa shape index (κ2) is 15.5. The Balaban J connectivity index is 1.56. The van der Waals surface area contributed by atoms with Gasteiger partial charge < -0.3 is 24.1 Å². The number of sulfone groups is 1. The van der Waals surface area contributed by atoms with E-state index in [0.717, 1.165) is 5.56 Å². The molecule has 236 valence electrons. The van der Waals surface area contributed by atoms with E-state index in [1.54, 1.807) is 0 Å². The van der Waals surface area contributed by atoms with Crippen LogP contribution in [-0.4, -0.2) is 80.6 Å². The number of ether oxygens (including phenoxy) is 2. The zero-order valence-electron chi connectivity index (χ0n) is 23.8. The minimum absolute atomic E-state index is 0.0220. The lowest BCUT2D eigenvalue weighted by molar-refractivity contribution is -0.139. The normalized spacial score (nSPS) is 15.0. The van der Waals surface area contributed by atoms with Crippen molar-refractivity contribution in [3.63, 3.8) is 0 Å². The fourth-order valence-corrected chi connectivity index (χ4v) is 6.54. The molecule has 4 rings (SSSR count). The van der Waals surface area contributed by atoms with Crippen LogP contribution in [0.5, 0.6) is 5.75 Å². The summed E-state index contributed by atoms with van der Waals surface area (Å²) < 4.78 is 67.5. The van der Waals surface area contributed by atoms with Crippen molar-refractivity contribution in [1.82, 2.24) is 15.2 Å². The highest BCUT2D eigenvalue weighted by atomic mass is 32.2. The van der Waals surface area contributed by atoms with Gasteiger partial charge in [-0.1, -0.05) is 48.5 Å². The van der Waals surface area contributed by atoms with Gasteiger partial charge in [0.1, 0.15) is 12.0 Å². The maximum atomic E-state index is 13.7. The highest BCUT2D eigenvalue weighted by Gasteiger charge is 2.34. The summed E-state index contributed by atoms with van der Waals surface area (Å²) in [7, 11) is -4.16. The van der Waals surface area contributed by atoms with Crippen molar-refractivity contribution >= 4 is 27.4 Å². The molecular formula is C30H33F2N3O8S. The topological polar surface area (TPSA) is 145 Å². The third kappa shape index (κ3) is 9.67. The Morgan fingerprint density at radius 1 is 1.02 bits per heavy atom. The average Bonchev–Trinajstić information content (AvgIpc) is 3.55. The van der Waals surface area contributed by atoms with Crippen molar-refractivity contribution in [2.45, 2.75) is 37.7 Å². The Hall–Kier alpha value is -4.17. The number of nitrogens with one attached hydrogen (secondary N) is 1. The second-order valence-electron chi connectivity index (χ2n) is 10.2. The number of ketones is 1. The SMILES string of the molecule is O=C(NC(CCc1ccccc1)C(=O)c1ncco1)C(CC(=O)N1CCOCC1)CS(=O)(=O)Cc1ccccc1OC(F)F. The molecule has 0 saturated carbocycles. The quantitative estimate of drug-likeness (QED) is 0.250. The maximum absolute atomic E-state index is 13.7. The molecule has 1 aromatic heterocycles. The molecule has 1 saturated heterocycles. The lowest BCUT2D eigenvalue weighted by atomic mass is 9.99. The molecule has 11 nitrogen and oxygen atoms in total. The number of hydrogen-bond acceptors (Lipinski definition) is 9. The van der Waals surface area contributed by atoms with E-state index in [2.05, 4.69) is 15.0 Å². The van der Waals surface area contributed by atoms with Crippen molar-refractivity contribution in [3.05, 3.63) is 84.1 Å². The molecule has 2 amide bonds. The van der Waals surface area contributed by atoms with Crippen molar-refractivity contribution < 1.29 is 45.5 Å². The lowest BCUT2D eigenvalue weighted by Gasteiger charge is -2.28. The number of carbonyl (C=O) groups is 3. The molecule has 3 aromatic rings. The first-order valence-corrected chi connectivity index (χ1v) is 15.8. The molecule has 0 spiro atoms. The first-order chi connectivity index (χ1) is 21.1. The molecule has 1 fully saturated rings. The van der Waals surface area contributed by atoms with Crippen molar-refractivity contribution in [2.24, 2.45) is 5.92 Å². The Morgan fingerprint density at radius 2 is 1.73 bits per heavy atom. The third-order valence-electron chi connectivity index (χ3n) is 7.02. The molecule has 0 radical (unpaired) electrons. The number of benzene rings is 2. The zero-order chi connectivity index (χ0) is 31.5. The van der Waals surface area contributed by atoms with E-state index in [1.165, 1.54) is 41.6 Å². The number of carbonyl (C=O) groups excluding carboxylic acids is 3. The Bertz CT molecular complexity index is 1500. The van der Waals surface area contributed by atoms with Gasteiger partial charge in [0.2, 0.25) is 17.6 Å². The van der Waals surface area contributed by atoms with Crippen LogP contribution in [-0.2, 0) is 36.3 Å². The number of aromatic nitrogens is 1. The molecule has 1 aliphatic rings. The van der Waals surface area contributed by atoms with Crippen LogP contribution < -0.4 is 10.1 Å². The molecule has 1 N–H and O–H groups in total. The molecule has 2 unspecified atom stereocenters. The first kappa shape index (κ1) is 32.7. The molecule has 1 aliphatic heterocycles. The number of alkyl halides is 2. The predicted octanol–water partition coefficient (Wildman–Crippen LogP) is 3.06. The van der Waals surface area contributed by atoms with E-state index in [-0.39, 0.29) is 36.7 Å². The number of rotatable bonds is 15. The van der Waals surface area contributed by atoms with Crippen LogP contribution in [0.3, 0.4) is 0 Å². The standard InChI is InChI=1S/C30H33F2N3O8S/c31-30(32)43-25-9-5-4-8-22(25)19-44(39,40)20-23(18-26(36)35-13-16-41-17-14-35)28(38)34-24(27(37)29-33-12-15-42-29)11-10-21-6-2-1-3-7-21/h1-9,12,15,23-24,30H,10-11,13-14,16-20H2,(H,34,38). The molecule has 2 heterocycles. The number of amides is 2. The second-order valence-corrected chi connectivity index (χ2v) is 12.3. The van der Waals surface area contributed by atoms with Gasteiger partial charge in [-0.15, -0.1) is 0 Å². The number of hydrogen-bond donors (Lipinski definition) is 1. The van der Waals surface area contributed by atoms with Gasteiger partial charge >= 0.3 is 6.61 Å². The number of oxazole rings is 1. The van der Waals surface area contributed by atoms with Crippen LogP contribution in [0.1, 0.15) is 34.7 Å². The van der Waals surface area contributed by atoms with Crippen LogP contribution in [0.25, 0.3) is 0 Å². The van der Waals surface area contributed by atoms with Crippen molar-refractivity contribution in [2.75, 3.05) is 32.1 Å². The van der Waals surface area contributed by atoms with Crippen molar-refractivity contribution in [3.8, 4) is 5.75 Å². The van der Waals surface area contributed by atoms with Gasteiger partial charge in [0, 0.05) is 25.1 Å². The van der Waals surface area contributed by atoms with Gasteiger partial charge in [-0.3, -0.25) is 14.4 Å². The van der Waals surface area contributed by atoms with E-state index >= 15 is 0 Å². The minimum atomic E-state index is -4.16. The molecule has 0 aliphatic carbocycles. The smallest absolute Gasteiger partial charge is 0.387 e. The summed E-state index contributed by atoms with van der Waals surface area (Å²) in [5, 5.41) is 2.64. The maximum Gasteiger partial charge on any atom is 0.387 e. The highest BCUT2D eigenvalue weighted by molar-refractivity contribution is 7.90. The fraction of sp³-hybridized carbons (Fsp3) is 0.400. The average molecular weight is 634 g/mol. The number of morpholine rings is 1. The van der Waals surface area contributed by atoms with Gasteiger partial charge in [0.05, 0.1) is 42.9 Å². The Morgan fingerprint density at radius 3 is 2.41 bits per heavy atom. The minimum Gasteiger partial charge on any atom is -0.442 e. The van der Waals surface area contributed by atoms with E-state index < -0.39 is 63.9 Å². The van der Waals surface area contributed by atoms with E-state index in [0.29, 0.717) is 19.6 Å². The summed E-state index contributed by atoms with van der Waals surface area (Å²) in [6.45, 7) is -2.01. The molecular weight excluding hydrogens is 600 g/mol. The number of aryl methyl sites for hydroxylation is 1. The predicted molar refractivity (Wildman–Crippen MR) is 154 cm³/mol. The van der Waals surface area contributed by atoms with Crippen LogP contribution in [0.15, 0.2) is 71.5 Å². The summed E-state index contributed by atoms with van der Waals surface area (Å²) in [5.41, 5.74) is 0.879. The Kier molecular flexibility index (Phi) is 11.6. The van der Waals surface area contributed by atoms with Crippen LogP contribution in [0, 0.1) is 5.92 Å². The van der Waals surface area contributed by atoms with Gasteiger partial charge in [-0.2, -0.15) is 8.78 Å². The number of nitrogens with zero attached hydrogens (tertiary/aromatic N) is 2. The first-order valence-electron chi connectivity index (χ1n) is 14.0. The van der Waals surface area contributed by atoms with E-state index in [4.69, 9.17) is 9.15 Å². The molecule has 2 atom stereocenters. The number of para-hydroxylation sites is 1. The molecule has 14 heteroatoms. The van der Waals surface area contributed by atoms with Crippen molar-refractivity contribution in [1.29, 1.82) is 0 Å². The largest absolute Gasteiger partial charge is 0.442 e. The summed E-state index contributed by atoms with van der Waals surface area (Å²) in [4.78, 5) is 45.5. The van der Waals surface area contributed by atoms with Gasteiger partial charge in [0.25, 0.3) is 5.89 Å². The Labute approximate surface area is 253 Å². The van der Waals surface area contributed by atoms with E-state index in [9.17, 15) is 31.6 Å². The number of Topliss-reactive ketones (excluding diaryl/α,β-unsaturated/α-hetero) is 1. The summed E-state index contributed by atoms with van der Waals surface area (Å²) in [6.07, 6.45) is 2.59. The molecule has 0 bridgehead atoms. The molecule has 44 heavy (non-hydrogen) atoms. The fourth-order valence-electron chi connectivity index (χ4n) is 4.82. The van der Waals surface area contributed by atoms with Gasteiger partial charge in [-0.25, -0.2) is 13.4 Å². The highest BCUT2D eigenvalue weighted by Crippen LogP contribution is 2.24. The van der Waals surface area contributed by atoms with E-state index in [1.807, 2.05) is 30.3 Å². The van der Waals surface area contributed by atoms with Crippen LogP contribution >= 0.6 is 0 Å². The zero-order valence-corrected chi connectivity index (χ0v) is 24.6.